The van der Waals surface area contributed by atoms with Gasteiger partial charge < -0.3 is 5.32 Å². The van der Waals surface area contributed by atoms with Crippen LogP contribution in [0.2, 0.25) is 0 Å². The topological polar surface area (TPSA) is 69.2 Å². The van der Waals surface area contributed by atoms with Crippen molar-refractivity contribution < 1.29 is 0 Å². The van der Waals surface area contributed by atoms with Gasteiger partial charge in [-0.15, -0.1) is 12.4 Å². The number of halogens is 1. The Morgan fingerprint density at radius 2 is 2.08 bits per heavy atom. The fraction of sp³-hybridized carbons (Fsp3) is 0.278. The summed E-state index contributed by atoms with van der Waals surface area (Å²) >= 11 is 0. The highest BCUT2D eigenvalue weighted by Crippen LogP contribution is 2.26. The predicted octanol–water partition coefficient (Wildman–Crippen LogP) is 2.01. The van der Waals surface area contributed by atoms with E-state index < -0.39 is 0 Å². The lowest BCUT2D eigenvalue weighted by atomic mass is 10.2. The van der Waals surface area contributed by atoms with Crippen LogP contribution in [0.25, 0.3) is 27.9 Å². The molecule has 1 atom stereocenters. The zero-order valence-electron chi connectivity index (χ0n) is 14.3. The van der Waals surface area contributed by atoms with E-state index in [2.05, 4.69) is 10.4 Å². The van der Waals surface area contributed by atoms with Gasteiger partial charge in [-0.1, -0.05) is 6.07 Å². The van der Waals surface area contributed by atoms with Gasteiger partial charge in [0.2, 0.25) is 0 Å². The maximum Gasteiger partial charge on any atom is 0.330 e. The van der Waals surface area contributed by atoms with Crippen LogP contribution in [-0.2, 0) is 7.05 Å². The van der Waals surface area contributed by atoms with Crippen molar-refractivity contribution in [3.05, 3.63) is 53.2 Å². The average Bonchev–Trinajstić information content (AvgIpc) is 3.35. The van der Waals surface area contributed by atoms with Crippen molar-refractivity contribution in [1.82, 2.24) is 29.0 Å². The van der Waals surface area contributed by atoms with Gasteiger partial charge in [0.05, 0.1) is 29.0 Å². The van der Waals surface area contributed by atoms with Crippen LogP contribution >= 0.6 is 12.4 Å². The van der Waals surface area contributed by atoms with Crippen LogP contribution in [0.15, 0.2) is 47.5 Å². The van der Waals surface area contributed by atoms with Crippen molar-refractivity contribution in [3.8, 4) is 11.3 Å². The Labute approximate surface area is 155 Å². The van der Waals surface area contributed by atoms with E-state index >= 15 is 0 Å². The molecule has 0 aliphatic carbocycles. The van der Waals surface area contributed by atoms with Crippen molar-refractivity contribution in [3.63, 3.8) is 0 Å². The van der Waals surface area contributed by atoms with Gasteiger partial charge in [-0.2, -0.15) is 5.10 Å². The highest BCUT2D eigenvalue weighted by atomic mass is 35.5. The number of hydrogen-bond acceptors (Lipinski definition) is 4. The molecular weight excluding hydrogens is 352 g/mol. The molecule has 1 aliphatic heterocycles. The molecule has 1 aliphatic rings. The standard InChI is InChI=1S/C18H18N6O.ClH/c1-22-16-6-5-14(13-11-20-23-9-3-2-4-15(13)23)21-17(16)24(18(22)25)12-7-8-19-10-12;/h2-6,9,11-12,19H,7-8,10H2,1H3;1H. The van der Waals surface area contributed by atoms with E-state index in [9.17, 15) is 4.79 Å². The molecule has 0 amide bonds. The van der Waals surface area contributed by atoms with Crippen LogP contribution in [0.5, 0.6) is 0 Å². The molecule has 0 aromatic carbocycles. The van der Waals surface area contributed by atoms with Gasteiger partial charge in [0.15, 0.2) is 5.65 Å². The molecule has 1 unspecified atom stereocenters. The predicted molar refractivity (Wildman–Crippen MR) is 103 cm³/mol. The van der Waals surface area contributed by atoms with Gasteiger partial charge in [0, 0.05) is 25.4 Å². The average molecular weight is 371 g/mol. The van der Waals surface area contributed by atoms with E-state index in [-0.39, 0.29) is 24.1 Å². The molecule has 0 saturated carbocycles. The molecule has 1 N–H and O–H groups in total. The second kappa shape index (κ2) is 6.26. The number of nitrogens with zero attached hydrogens (tertiary/aromatic N) is 5. The first-order valence-corrected chi connectivity index (χ1v) is 8.45. The molecule has 1 saturated heterocycles. The van der Waals surface area contributed by atoms with E-state index in [4.69, 9.17) is 4.98 Å². The SMILES string of the molecule is Cl.Cn1c(=O)n(C2CCNC2)c2nc(-c3cnn4ccccc34)ccc21. The summed E-state index contributed by atoms with van der Waals surface area (Å²) in [6, 6.07) is 10.0. The summed E-state index contributed by atoms with van der Waals surface area (Å²) in [5.41, 5.74) is 4.40. The minimum atomic E-state index is -0.00628. The van der Waals surface area contributed by atoms with Crippen LogP contribution in [0.1, 0.15) is 12.5 Å². The number of fused-ring (bicyclic) bond motifs is 2. The summed E-state index contributed by atoms with van der Waals surface area (Å²) in [6.45, 7) is 1.74. The molecule has 0 bridgehead atoms. The van der Waals surface area contributed by atoms with E-state index in [0.717, 1.165) is 47.4 Å². The lowest BCUT2D eigenvalue weighted by molar-refractivity contribution is 0.532. The van der Waals surface area contributed by atoms with Crippen molar-refractivity contribution in [1.29, 1.82) is 0 Å². The van der Waals surface area contributed by atoms with Crippen molar-refractivity contribution >= 4 is 29.1 Å². The normalized spacial score (nSPS) is 17.0. The van der Waals surface area contributed by atoms with Gasteiger partial charge in [-0.3, -0.25) is 9.13 Å². The summed E-state index contributed by atoms with van der Waals surface area (Å²) in [4.78, 5) is 17.6. The second-order valence-electron chi connectivity index (χ2n) is 6.49. The number of aryl methyl sites for hydroxylation is 1. The van der Waals surface area contributed by atoms with Crippen LogP contribution in [0.4, 0.5) is 0 Å². The molecule has 1 fully saturated rings. The van der Waals surface area contributed by atoms with E-state index in [1.807, 2.05) is 51.8 Å². The molecule has 134 valence electrons. The molecule has 0 spiro atoms. The zero-order chi connectivity index (χ0) is 17.0. The first kappa shape index (κ1) is 16.8. The maximum absolute atomic E-state index is 12.7. The largest absolute Gasteiger partial charge is 0.330 e. The third-order valence-electron chi connectivity index (χ3n) is 5.04. The smallest absolute Gasteiger partial charge is 0.315 e. The molecule has 5 heterocycles. The number of aromatic nitrogens is 5. The fourth-order valence-electron chi connectivity index (χ4n) is 3.71. The molecule has 0 radical (unpaired) electrons. The first-order chi connectivity index (χ1) is 12.2. The quantitative estimate of drug-likeness (QED) is 0.586. The van der Waals surface area contributed by atoms with E-state index in [1.54, 1.807) is 11.6 Å². The molecule has 5 rings (SSSR count). The number of nitrogens with one attached hydrogen (secondary N) is 1. The number of hydrogen-bond donors (Lipinski definition) is 1. The monoisotopic (exact) mass is 370 g/mol. The molecule has 26 heavy (non-hydrogen) atoms. The van der Waals surface area contributed by atoms with Crippen LogP contribution in [0.3, 0.4) is 0 Å². The van der Waals surface area contributed by atoms with Crippen LogP contribution in [-0.4, -0.2) is 36.8 Å². The van der Waals surface area contributed by atoms with Crippen molar-refractivity contribution in [2.24, 2.45) is 7.05 Å². The van der Waals surface area contributed by atoms with Gasteiger partial charge >= 0.3 is 5.69 Å². The Morgan fingerprint density at radius 1 is 1.19 bits per heavy atom. The Morgan fingerprint density at radius 3 is 2.88 bits per heavy atom. The summed E-state index contributed by atoms with van der Waals surface area (Å²) in [5.74, 6) is 0. The maximum atomic E-state index is 12.7. The highest BCUT2D eigenvalue weighted by molar-refractivity contribution is 5.85. The number of rotatable bonds is 2. The Hall–Kier alpha value is -2.64. The molecular formula is C18H19ClN6O. The summed E-state index contributed by atoms with van der Waals surface area (Å²) < 4.78 is 5.35. The number of pyridine rings is 2. The fourth-order valence-corrected chi connectivity index (χ4v) is 3.71. The van der Waals surface area contributed by atoms with Crippen molar-refractivity contribution in [2.45, 2.75) is 12.5 Å². The molecule has 4 aromatic heterocycles. The Bertz CT molecular complexity index is 1150. The zero-order valence-corrected chi connectivity index (χ0v) is 15.1. The van der Waals surface area contributed by atoms with E-state index in [1.165, 1.54) is 0 Å². The lowest BCUT2D eigenvalue weighted by Gasteiger charge is -2.10. The molecule has 7 nitrogen and oxygen atoms in total. The number of imidazole rings is 1. The third-order valence-corrected chi connectivity index (χ3v) is 5.04. The molecule has 4 aromatic rings. The third kappa shape index (κ3) is 2.35. The minimum Gasteiger partial charge on any atom is -0.315 e. The Balaban J connectivity index is 0.00000168. The summed E-state index contributed by atoms with van der Waals surface area (Å²) in [7, 11) is 1.81. The lowest BCUT2D eigenvalue weighted by Crippen LogP contribution is -2.27. The van der Waals surface area contributed by atoms with Crippen LogP contribution in [0, 0.1) is 0 Å². The van der Waals surface area contributed by atoms with Crippen molar-refractivity contribution in [2.75, 3.05) is 13.1 Å². The first-order valence-electron chi connectivity index (χ1n) is 8.45. The van der Waals surface area contributed by atoms with Crippen LogP contribution < -0.4 is 11.0 Å². The second-order valence-corrected chi connectivity index (χ2v) is 6.49. The minimum absolute atomic E-state index is 0. The van der Waals surface area contributed by atoms with Gasteiger partial charge in [-0.05, 0) is 37.2 Å². The summed E-state index contributed by atoms with van der Waals surface area (Å²) in [6.07, 6.45) is 4.69. The highest BCUT2D eigenvalue weighted by Gasteiger charge is 2.23. The van der Waals surface area contributed by atoms with Gasteiger partial charge in [0.1, 0.15) is 0 Å². The van der Waals surface area contributed by atoms with Gasteiger partial charge in [-0.25, -0.2) is 14.3 Å². The van der Waals surface area contributed by atoms with Gasteiger partial charge in [0.25, 0.3) is 0 Å². The summed E-state index contributed by atoms with van der Waals surface area (Å²) in [5, 5.41) is 7.72. The Kier molecular flexibility index (Phi) is 4.05. The van der Waals surface area contributed by atoms with E-state index in [0.29, 0.717) is 0 Å². The molecule has 8 heteroatoms.